The lowest BCUT2D eigenvalue weighted by atomic mass is 9.97. The smallest absolute Gasteiger partial charge is 0.231 e. The largest absolute Gasteiger partial charge is 0.454 e. The van der Waals surface area contributed by atoms with Gasteiger partial charge in [-0.2, -0.15) is 5.26 Å². The molecule has 0 aliphatic carbocycles. The summed E-state index contributed by atoms with van der Waals surface area (Å²) < 4.78 is 10.8. The van der Waals surface area contributed by atoms with Crippen LogP contribution in [0.4, 0.5) is 5.82 Å². The van der Waals surface area contributed by atoms with Gasteiger partial charge in [0.25, 0.3) is 0 Å². The third kappa shape index (κ3) is 3.18. The van der Waals surface area contributed by atoms with Crippen LogP contribution in [-0.2, 0) is 6.42 Å². The summed E-state index contributed by atoms with van der Waals surface area (Å²) in [4.78, 5) is 4.45. The lowest BCUT2D eigenvalue weighted by Crippen LogP contribution is -2.00. The van der Waals surface area contributed by atoms with E-state index < -0.39 is 0 Å². The van der Waals surface area contributed by atoms with Crippen LogP contribution in [0.5, 0.6) is 11.5 Å². The summed E-state index contributed by atoms with van der Waals surface area (Å²) in [5.74, 6) is 1.59. The maximum atomic E-state index is 9.58. The second-order valence-electron chi connectivity index (χ2n) is 6.44. The Bertz CT molecular complexity index is 1040. The second-order valence-corrected chi connectivity index (χ2v) is 6.44. The molecular formula is C22H19N3O2. The Hall–Kier alpha value is -3.52. The molecule has 0 atom stereocenters. The summed E-state index contributed by atoms with van der Waals surface area (Å²) in [7, 11) is 0. The van der Waals surface area contributed by atoms with Crippen molar-refractivity contribution in [2.45, 2.75) is 19.8 Å². The van der Waals surface area contributed by atoms with Crippen molar-refractivity contribution in [3.05, 3.63) is 59.7 Å². The zero-order valence-electron chi connectivity index (χ0n) is 15.0. The lowest BCUT2D eigenvalue weighted by Gasteiger charge is -2.11. The molecule has 0 radical (unpaired) electrons. The maximum absolute atomic E-state index is 9.58. The summed E-state index contributed by atoms with van der Waals surface area (Å²) >= 11 is 0. The molecule has 0 spiro atoms. The topological polar surface area (TPSA) is 81.2 Å². The number of hydrogen-bond donors (Lipinski definition) is 1. The van der Waals surface area contributed by atoms with Gasteiger partial charge < -0.3 is 15.2 Å². The first kappa shape index (κ1) is 16.9. The first-order valence-electron chi connectivity index (χ1n) is 8.89. The van der Waals surface area contributed by atoms with Gasteiger partial charge in [-0.05, 0) is 35.7 Å². The highest BCUT2D eigenvalue weighted by Gasteiger charge is 2.18. The van der Waals surface area contributed by atoms with Gasteiger partial charge in [-0.3, -0.25) is 0 Å². The molecular weight excluding hydrogens is 338 g/mol. The van der Waals surface area contributed by atoms with E-state index in [9.17, 15) is 5.26 Å². The molecule has 3 aromatic rings. The summed E-state index contributed by atoms with van der Waals surface area (Å²) in [6, 6.07) is 18.0. The van der Waals surface area contributed by atoms with E-state index in [-0.39, 0.29) is 12.6 Å². The third-order valence-electron chi connectivity index (χ3n) is 4.63. The summed E-state index contributed by atoms with van der Waals surface area (Å²) in [5, 5.41) is 9.58. The van der Waals surface area contributed by atoms with E-state index in [2.05, 4.69) is 30.1 Å². The first-order valence-corrected chi connectivity index (χ1v) is 8.89. The number of pyridine rings is 1. The maximum Gasteiger partial charge on any atom is 0.231 e. The predicted octanol–water partition coefficient (Wildman–Crippen LogP) is 4.55. The van der Waals surface area contributed by atoms with Gasteiger partial charge in [0, 0.05) is 11.1 Å². The number of nitriles is 1. The Morgan fingerprint density at radius 3 is 2.52 bits per heavy atom. The van der Waals surface area contributed by atoms with Gasteiger partial charge >= 0.3 is 0 Å². The second kappa shape index (κ2) is 7.00. The molecule has 0 saturated carbocycles. The summed E-state index contributed by atoms with van der Waals surface area (Å²) in [6.07, 6.45) is 2.15. The molecule has 2 heterocycles. The number of benzene rings is 2. The van der Waals surface area contributed by atoms with Crippen LogP contribution in [-0.4, -0.2) is 11.8 Å². The zero-order valence-corrected chi connectivity index (χ0v) is 15.0. The highest BCUT2D eigenvalue weighted by atomic mass is 16.7. The molecule has 5 heteroatoms. The normalized spacial score (nSPS) is 12.0. The number of fused-ring (bicyclic) bond motifs is 1. The van der Waals surface area contributed by atoms with Crippen molar-refractivity contribution in [2.24, 2.45) is 0 Å². The van der Waals surface area contributed by atoms with E-state index in [0.29, 0.717) is 17.1 Å². The van der Waals surface area contributed by atoms with Crippen LogP contribution < -0.4 is 15.2 Å². The molecule has 0 amide bonds. The molecule has 0 fully saturated rings. The number of aromatic nitrogens is 1. The minimum absolute atomic E-state index is 0.206. The van der Waals surface area contributed by atoms with Crippen LogP contribution in [0.15, 0.2) is 48.5 Å². The quantitative estimate of drug-likeness (QED) is 0.741. The number of hydrogen-bond acceptors (Lipinski definition) is 5. The average molecular weight is 357 g/mol. The van der Waals surface area contributed by atoms with Crippen molar-refractivity contribution in [2.75, 3.05) is 12.5 Å². The van der Waals surface area contributed by atoms with Gasteiger partial charge in [-0.15, -0.1) is 0 Å². The highest BCUT2D eigenvalue weighted by molar-refractivity contribution is 5.81. The number of nitrogens with two attached hydrogens (primary N) is 1. The van der Waals surface area contributed by atoms with Crippen molar-refractivity contribution >= 4 is 5.82 Å². The van der Waals surface area contributed by atoms with Crippen molar-refractivity contribution in [1.29, 1.82) is 5.26 Å². The van der Waals surface area contributed by atoms with Crippen molar-refractivity contribution in [1.82, 2.24) is 4.98 Å². The van der Waals surface area contributed by atoms with E-state index in [0.717, 1.165) is 35.2 Å². The molecule has 1 aromatic heterocycles. The van der Waals surface area contributed by atoms with E-state index in [1.54, 1.807) is 0 Å². The Morgan fingerprint density at radius 1 is 1.04 bits per heavy atom. The molecule has 27 heavy (non-hydrogen) atoms. The van der Waals surface area contributed by atoms with Crippen LogP contribution in [0.25, 0.3) is 22.4 Å². The fourth-order valence-electron chi connectivity index (χ4n) is 3.25. The Morgan fingerprint density at radius 2 is 1.78 bits per heavy atom. The van der Waals surface area contributed by atoms with Crippen molar-refractivity contribution in [3.63, 3.8) is 0 Å². The molecule has 0 saturated heterocycles. The van der Waals surface area contributed by atoms with E-state index >= 15 is 0 Å². The van der Waals surface area contributed by atoms with Gasteiger partial charge in [0.05, 0.1) is 5.69 Å². The predicted molar refractivity (Wildman–Crippen MR) is 104 cm³/mol. The first-order chi connectivity index (χ1) is 13.2. The van der Waals surface area contributed by atoms with Crippen LogP contribution in [0.1, 0.15) is 24.5 Å². The molecule has 1 aliphatic heterocycles. The SMILES string of the molecule is CCCc1ccc(-c2cc(-c3ccc4c(c3)OCO4)c(C#N)c(N)n2)cc1. The van der Waals surface area contributed by atoms with Gasteiger partial charge in [-0.1, -0.05) is 43.7 Å². The number of aryl methyl sites for hydroxylation is 1. The third-order valence-corrected chi connectivity index (χ3v) is 4.63. The zero-order chi connectivity index (χ0) is 18.8. The number of ether oxygens (including phenoxy) is 2. The van der Waals surface area contributed by atoms with Crippen LogP contribution in [0.3, 0.4) is 0 Å². The molecule has 0 unspecified atom stereocenters. The minimum Gasteiger partial charge on any atom is -0.454 e. The number of anilines is 1. The van der Waals surface area contributed by atoms with Crippen LogP contribution in [0.2, 0.25) is 0 Å². The Balaban J connectivity index is 1.80. The van der Waals surface area contributed by atoms with Gasteiger partial charge in [0.15, 0.2) is 11.5 Å². The molecule has 134 valence electrons. The average Bonchev–Trinajstić information content (AvgIpc) is 3.16. The standard InChI is InChI=1S/C22H19N3O2/c1-2-3-14-4-6-15(7-5-14)19-11-17(18(12-23)22(24)25-19)16-8-9-20-21(10-16)27-13-26-20/h4-11H,2-3,13H2,1H3,(H2,24,25). The summed E-state index contributed by atoms with van der Waals surface area (Å²) in [6.45, 7) is 2.37. The van der Waals surface area contributed by atoms with Gasteiger partial charge in [0.2, 0.25) is 6.79 Å². The van der Waals surface area contributed by atoms with E-state index in [1.165, 1.54) is 5.56 Å². The van der Waals surface area contributed by atoms with Crippen LogP contribution in [0, 0.1) is 11.3 Å². The Kier molecular flexibility index (Phi) is 4.39. The van der Waals surface area contributed by atoms with Gasteiger partial charge in [0.1, 0.15) is 17.5 Å². The van der Waals surface area contributed by atoms with Crippen LogP contribution >= 0.6 is 0 Å². The molecule has 1 aliphatic rings. The molecule has 5 nitrogen and oxygen atoms in total. The van der Waals surface area contributed by atoms with Crippen molar-refractivity contribution in [3.8, 4) is 40.0 Å². The number of nitrogen functional groups attached to an aromatic ring is 1. The lowest BCUT2D eigenvalue weighted by molar-refractivity contribution is 0.174. The molecule has 4 rings (SSSR count). The molecule has 0 bridgehead atoms. The fraction of sp³-hybridized carbons (Fsp3) is 0.182. The Labute approximate surface area is 158 Å². The summed E-state index contributed by atoms with van der Waals surface area (Å²) in [5.41, 5.74) is 11.0. The van der Waals surface area contributed by atoms with E-state index in [1.807, 2.05) is 36.4 Å². The van der Waals surface area contributed by atoms with Gasteiger partial charge in [-0.25, -0.2) is 4.98 Å². The van der Waals surface area contributed by atoms with Crippen molar-refractivity contribution < 1.29 is 9.47 Å². The number of nitrogens with zero attached hydrogens (tertiary/aromatic N) is 2. The highest BCUT2D eigenvalue weighted by Crippen LogP contribution is 2.38. The van der Waals surface area contributed by atoms with E-state index in [4.69, 9.17) is 15.2 Å². The molecule has 2 aromatic carbocycles. The monoisotopic (exact) mass is 357 g/mol. The number of rotatable bonds is 4. The molecule has 2 N–H and O–H groups in total. The fourth-order valence-corrected chi connectivity index (χ4v) is 3.25. The minimum atomic E-state index is 0.206.